The number of thiazole rings is 1. The molecule has 0 amide bonds. The largest absolute Gasteiger partial charge is 0.497 e. The Morgan fingerprint density at radius 2 is 2.06 bits per heavy atom. The number of allylic oxidation sites excluding steroid dienone is 1. The maximum Gasteiger partial charge on any atom is 0.270 e. The summed E-state index contributed by atoms with van der Waals surface area (Å²) in [4.78, 5) is 16.9. The van der Waals surface area contributed by atoms with Gasteiger partial charge in [-0.15, -0.1) is 10.2 Å². The van der Waals surface area contributed by atoms with Crippen molar-refractivity contribution in [3.8, 4) is 6.07 Å². The molecule has 0 N–H and O–H groups in total. The number of nitrogens with zero attached hydrogens (tertiary/aromatic N) is 6. The van der Waals surface area contributed by atoms with Gasteiger partial charge in [-0.05, 0) is 37.3 Å². The smallest absolute Gasteiger partial charge is 0.270 e. The number of azo groups is 1. The summed E-state index contributed by atoms with van der Waals surface area (Å²) in [7, 11) is 0. The Labute approximate surface area is 183 Å². The lowest BCUT2D eigenvalue weighted by Gasteiger charge is -2.24. The van der Waals surface area contributed by atoms with Crippen LogP contribution in [-0.2, 0) is 4.74 Å². The highest BCUT2D eigenvalue weighted by Crippen LogP contribution is 2.32. The quantitative estimate of drug-likeness (QED) is 0.169. The minimum atomic E-state index is -0.438. The summed E-state index contributed by atoms with van der Waals surface area (Å²) in [5.41, 5.74) is 2.26. The van der Waals surface area contributed by atoms with Gasteiger partial charge in [0.05, 0.1) is 45.6 Å². The van der Waals surface area contributed by atoms with E-state index in [9.17, 15) is 10.1 Å². The van der Waals surface area contributed by atoms with Crippen LogP contribution in [0, 0.1) is 21.4 Å². The van der Waals surface area contributed by atoms with Crippen LogP contribution in [0.15, 0.2) is 65.0 Å². The first-order chi connectivity index (χ1) is 15.0. The fourth-order valence-corrected chi connectivity index (χ4v) is 3.59. The molecule has 0 unspecified atom stereocenters. The van der Waals surface area contributed by atoms with Crippen molar-refractivity contribution in [1.29, 1.82) is 5.26 Å². The Bertz CT molecular complexity index is 1150. The molecule has 3 aromatic rings. The molecule has 0 fully saturated rings. The highest BCUT2D eigenvalue weighted by molar-refractivity contribution is 7.21. The minimum Gasteiger partial charge on any atom is -0.497 e. The predicted molar refractivity (Wildman–Crippen MR) is 120 cm³/mol. The number of hydrogen-bond donors (Lipinski definition) is 0. The van der Waals surface area contributed by atoms with Crippen molar-refractivity contribution >= 4 is 43.7 Å². The maximum atomic E-state index is 10.9. The van der Waals surface area contributed by atoms with E-state index in [1.807, 2.05) is 24.3 Å². The second-order valence-electron chi connectivity index (χ2n) is 6.57. The summed E-state index contributed by atoms with van der Waals surface area (Å²) in [5.74, 6) is 0.653. The number of rotatable bonds is 10. The lowest BCUT2D eigenvalue weighted by molar-refractivity contribution is -0.384. The SMILES string of the molecule is C=C(C)OCCN(CCC#N)c1ccc(/N=N/c2nc3ccc([N+](=O)[O-])cc3s2)cc1. The molecule has 0 bridgehead atoms. The number of hydrogen-bond acceptors (Lipinski definition) is 9. The van der Waals surface area contributed by atoms with Gasteiger partial charge in [0.25, 0.3) is 5.69 Å². The Hall–Kier alpha value is -3.84. The van der Waals surface area contributed by atoms with E-state index in [2.05, 4.69) is 32.8 Å². The van der Waals surface area contributed by atoms with E-state index < -0.39 is 4.92 Å². The van der Waals surface area contributed by atoms with Gasteiger partial charge in [0.15, 0.2) is 0 Å². The first-order valence-corrected chi connectivity index (χ1v) is 10.2. The van der Waals surface area contributed by atoms with E-state index in [-0.39, 0.29) is 5.69 Å². The summed E-state index contributed by atoms with van der Waals surface area (Å²) in [6.45, 7) is 7.23. The van der Waals surface area contributed by atoms with Gasteiger partial charge in [0, 0.05) is 24.4 Å². The van der Waals surface area contributed by atoms with Gasteiger partial charge in [0.1, 0.15) is 6.61 Å². The van der Waals surface area contributed by atoms with Crippen molar-refractivity contribution in [2.24, 2.45) is 10.2 Å². The van der Waals surface area contributed by atoms with Crippen LogP contribution in [0.4, 0.5) is 22.2 Å². The number of ether oxygens (including phenoxy) is 1. The fourth-order valence-electron chi connectivity index (χ4n) is 2.77. The summed E-state index contributed by atoms with van der Waals surface area (Å²) in [6.07, 6.45) is 0.407. The van der Waals surface area contributed by atoms with Crippen LogP contribution in [-0.4, -0.2) is 29.6 Å². The van der Waals surface area contributed by atoms with E-state index >= 15 is 0 Å². The predicted octanol–water partition coefficient (Wildman–Crippen LogP) is 5.89. The molecule has 0 aliphatic rings. The molecule has 10 heteroatoms. The molecule has 1 heterocycles. The zero-order valence-corrected chi connectivity index (χ0v) is 17.7. The first kappa shape index (κ1) is 21.9. The molecule has 0 radical (unpaired) electrons. The van der Waals surface area contributed by atoms with Crippen LogP contribution in [0.2, 0.25) is 0 Å². The Morgan fingerprint density at radius 3 is 2.74 bits per heavy atom. The van der Waals surface area contributed by atoms with E-state index in [1.54, 1.807) is 13.0 Å². The maximum absolute atomic E-state index is 10.9. The molecule has 31 heavy (non-hydrogen) atoms. The van der Waals surface area contributed by atoms with Gasteiger partial charge in [-0.2, -0.15) is 5.26 Å². The monoisotopic (exact) mass is 436 g/mol. The lowest BCUT2D eigenvalue weighted by Crippen LogP contribution is -2.28. The Morgan fingerprint density at radius 1 is 1.29 bits per heavy atom. The van der Waals surface area contributed by atoms with Gasteiger partial charge in [-0.25, -0.2) is 4.98 Å². The average molecular weight is 436 g/mol. The van der Waals surface area contributed by atoms with Crippen molar-refractivity contribution in [3.05, 3.63) is 64.9 Å². The van der Waals surface area contributed by atoms with Crippen molar-refractivity contribution in [3.63, 3.8) is 0 Å². The third-order valence-corrected chi connectivity index (χ3v) is 5.14. The average Bonchev–Trinajstić information content (AvgIpc) is 3.17. The molecule has 3 rings (SSSR count). The fraction of sp³-hybridized carbons (Fsp3) is 0.238. The summed E-state index contributed by atoms with van der Waals surface area (Å²) in [6, 6.07) is 14.1. The zero-order chi connectivity index (χ0) is 22.2. The van der Waals surface area contributed by atoms with Crippen molar-refractivity contribution in [2.45, 2.75) is 13.3 Å². The van der Waals surface area contributed by atoms with Gasteiger partial charge in [-0.3, -0.25) is 10.1 Å². The molecule has 9 nitrogen and oxygen atoms in total. The van der Waals surface area contributed by atoms with Crippen LogP contribution < -0.4 is 4.90 Å². The van der Waals surface area contributed by atoms with Crippen LogP contribution in [0.25, 0.3) is 10.2 Å². The molecule has 0 spiro atoms. The number of anilines is 1. The molecule has 0 saturated heterocycles. The third-order valence-electron chi connectivity index (χ3n) is 4.24. The van der Waals surface area contributed by atoms with Gasteiger partial charge < -0.3 is 9.64 Å². The Balaban J connectivity index is 1.70. The lowest BCUT2D eigenvalue weighted by atomic mass is 10.2. The third kappa shape index (κ3) is 6.07. The topological polar surface area (TPSA) is 117 Å². The van der Waals surface area contributed by atoms with E-state index in [1.165, 1.54) is 23.5 Å². The molecule has 2 aromatic carbocycles. The normalized spacial score (nSPS) is 10.8. The van der Waals surface area contributed by atoms with E-state index in [0.717, 1.165) is 5.69 Å². The van der Waals surface area contributed by atoms with Gasteiger partial charge in [-0.1, -0.05) is 17.9 Å². The van der Waals surface area contributed by atoms with Crippen LogP contribution in [0.3, 0.4) is 0 Å². The number of non-ortho nitro benzene ring substituents is 1. The van der Waals surface area contributed by atoms with E-state index in [4.69, 9.17) is 10.00 Å². The van der Waals surface area contributed by atoms with Crippen molar-refractivity contribution in [1.82, 2.24) is 4.98 Å². The number of nitriles is 1. The molecule has 0 saturated carbocycles. The highest BCUT2D eigenvalue weighted by Gasteiger charge is 2.10. The molecule has 158 valence electrons. The molecule has 0 aliphatic heterocycles. The standard InChI is InChI=1S/C21H20N6O3S/c1-15(2)30-13-12-26(11-3-10-22)17-6-4-16(5-7-17)24-25-21-23-19-9-8-18(27(28)29)14-20(19)31-21/h4-9,14H,1,3,11-13H2,2H3/b25-24+. The number of benzene rings is 2. The second-order valence-corrected chi connectivity index (χ2v) is 7.58. The van der Waals surface area contributed by atoms with Gasteiger partial charge in [0.2, 0.25) is 5.13 Å². The molecular formula is C21H20N6O3S. The number of fused-ring (bicyclic) bond motifs is 1. The first-order valence-electron chi connectivity index (χ1n) is 9.43. The van der Waals surface area contributed by atoms with Crippen molar-refractivity contribution in [2.75, 3.05) is 24.6 Å². The molecule has 1 aromatic heterocycles. The van der Waals surface area contributed by atoms with Crippen LogP contribution in [0.1, 0.15) is 13.3 Å². The van der Waals surface area contributed by atoms with E-state index in [0.29, 0.717) is 52.9 Å². The van der Waals surface area contributed by atoms with Gasteiger partial charge >= 0.3 is 0 Å². The number of nitro groups is 1. The summed E-state index contributed by atoms with van der Waals surface area (Å²) in [5, 5.41) is 28.6. The second kappa shape index (κ2) is 10.3. The summed E-state index contributed by atoms with van der Waals surface area (Å²) >= 11 is 1.24. The minimum absolute atomic E-state index is 0.0184. The number of nitro benzene ring substituents is 1. The number of aromatic nitrogens is 1. The van der Waals surface area contributed by atoms with Crippen molar-refractivity contribution < 1.29 is 9.66 Å². The zero-order valence-electron chi connectivity index (χ0n) is 16.9. The Kier molecular flexibility index (Phi) is 7.24. The van der Waals surface area contributed by atoms with Crippen LogP contribution in [0.5, 0.6) is 0 Å². The highest BCUT2D eigenvalue weighted by atomic mass is 32.1. The molecular weight excluding hydrogens is 416 g/mol. The molecule has 0 aliphatic carbocycles. The molecule has 0 atom stereocenters. The summed E-state index contributed by atoms with van der Waals surface area (Å²) < 4.78 is 6.12. The van der Waals surface area contributed by atoms with Crippen LogP contribution >= 0.6 is 11.3 Å².